The zero-order valence-electron chi connectivity index (χ0n) is 10.2. The maximum absolute atomic E-state index is 11.6. The minimum atomic E-state index is -1.05. The Morgan fingerprint density at radius 2 is 2.16 bits per heavy atom. The van der Waals surface area contributed by atoms with Crippen LogP contribution in [0.15, 0.2) is 24.3 Å². The minimum Gasteiger partial charge on any atom is -0.480 e. The fourth-order valence-electron chi connectivity index (χ4n) is 1.56. The second-order valence-corrected chi connectivity index (χ2v) is 4.91. The highest BCUT2D eigenvalue weighted by atomic mass is 32.1. The SMILES string of the molecule is CC[C@@H](NC(=O)Nc1nc2ccccc2s1)C(=O)O. The highest BCUT2D eigenvalue weighted by Gasteiger charge is 2.18. The van der Waals surface area contributed by atoms with E-state index in [-0.39, 0.29) is 0 Å². The summed E-state index contributed by atoms with van der Waals surface area (Å²) in [6, 6.07) is 6.05. The van der Waals surface area contributed by atoms with E-state index in [1.54, 1.807) is 6.92 Å². The van der Waals surface area contributed by atoms with Crippen molar-refractivity contribution in [2.24, 2.45) is 0 Å². The maximum Gasteiger partial charge on any atom is 0.326 e. The molecule has 0 aliphatic heterocycles. The summed E-state index contributed by atoms with van der Waals surface area (Å²) in [5.41, 5.74) is 0.799. The second kappa shape index (κ2) is 5.66. The van der Waals surface area contributed by atoms with E-state index < -0.39 is 18.0 Å². The van der Waals surface area contributed by atoms with Gasteiger partial charge in [-0.1, -0.05) is 30.4 Å². The molecule has 0 unspecified atom stereocenters. The summed E-state index contributed by atoms with van der Waals surface area (Å²) in [5.74, 6) is -1.05. The van der Waals surface area contributed by atoms with Gasteiger partial charge >= 0.3 is 12.0 Å². The number of thiazole rings is 1. The molecule has 1 atom stereocenters. The zero-order valence-corrected chi connectivity index (χ0v) is 11.0. The number of carboxylic acids is 1. The number of benzene rings is 1. The lowest BCUT2D eigenvalue weighted by Crippen LogP contribution is -2.42. The third-order valence-electron chi connectivity index (χ3n) is 2.53. The number of carbonyl (C=O) groups is 2. The molecule has 0 fully saturated rings. The summed E-state index contributed by atoms with van der Waals surface area (Å²) in [4.78, 5) is 26.7. The van der Waals surface area contributed by atoms with Crippen LogP contribution in [0, 0.1) is 0 Å². The largest absolute Gasteiger partial charge is 0.480 e. The molecule has 1 aromatic carbocycles. The van der Waals surface area contributed by atoms with E-state index in [4.69, 9.17) is 5.11 Å². The molecule has 0 saturated heterocycles. The van der Waals surface area contributed by atoms with Crippen LogP contribution in [0.5, 0.6) is 0 Å². The number of carboxylic acid groups (broad SMARTS) is 1. The molecule has 2 rings (SSSR count). The van der Waals surface area contributed by atoms with Gasteiger partial charge < -0.3 is 10.4 Å². The van der Waals surface area contributed by atoms with E-state index in [0.717, 1.165) is 10.2 Å². The molecule has 0 aliphatic rings. The molecule has 7 heteroatoms. The Bertz CT molecular complexity index is 578. The van der Waals surface area contributed by atoms with Crippen LogP contribution in [-0.2, 0) is 4.79 Å². The molecule has 0 radical (unpaired) electrons. The molecule has 0 saturated carbocycles. The summed E-state index contributed by atoms with van der Waals surface area (Å²) in [7, 11) is 0. The fourth-order valence-corrected chi connectivity index (χ4v) is 2.42. The quantitative estimate of drug-likeness (QED) is 0.800. The molecule has 2 amide bonds. The summed E-state index contributed by atoms with van der Waals surface area (Å²) >= 11 is 1.34. The van der Waals surface area contributed by atoms with Crippen LogP contribution >= 0.6 is 11.3 Å². The number of carbonyl (C=O) groups excluding carboxylic acids is 1. The van der Waals surface area contributed by atoms with Crippen LogP contribution in [0.3, 0.4) is 0 Å². The van der Waals surface area contributed by atoms with Gasteiger partial charge in [0.2, 0.25) is 0 Å². The average molecular weight is 279 g/mol. The van der Waals surface area contributed by atoms with Gasteiger partial charge in [-0.2, -0.15) is 0 Å². The lowest BCUT2D eigenvalue weighted by atomic mass is 10.2. The number of nitrogens with zero attached hydrogens (tertiary/aromatic N) is 1. The van der Waals surface area contributed by atoms with Crippen LogP contribution in [-0.4, -0.2) is 28.1 Å². The Morgan fingerprint density at radius 3 is 2.79 bits per heavy atom. The van der Waals surface area contributed by atoms with Crippen molar-refractivity contribution in [2.75, 3.05) is 5.32 Å². The minimum absolute atomic E-state index is 0.322. The normalized spacial score (nSPS) is 12.1. The number of amides is 2. The molecule has 6 nitrogen and oxygen atoms in total. The van der Waals surface area contributed by atoms with Gasteiger partial charge in [0.05, 0.1) is 10.2 Å². The molecule has 19 heavy (non-hydrogen) atoms. The predicted octanol–water partition coefficient (Wildman–Crippen LogP) is 2.28. The van der Waals surface area contributed by atoms with E-state index in [1.165, 1.54) is 11.3 Å². The smallest absolute Gasteiger partial charge is 0.326 e. The summed E-state index contributed by atoms with van der Waals surface area (Å²) in [5, 5.41) is 14.2. The van der Waals surface area contributed by atoms with Crippen LogP contribution in [0.25, 0.3) is 10.2 Å². The topological polar surface area (TPSA) is 91.3 Å². The van der Waals surface area contributed by atoms with Crippen LogP contribution < -0.4 is 10.6 Å². The first-order chi connectivity index (χ1) is 9.10. The van der Waals surface area contributed by atoms with Crippen molar-refractivity contribution < 1.29 is 14.7 Å². The van der Waals surface area contributed by atoms with Crippen molar-refractivity contribution in [2.45, 2.75) is 19.4 Å². The molecule has 2 aromatic rings. The Hall–Kier alpha value is -2.15. The highest BCUT2D eigenvalue weighted by molar-refractivity contribution is 7.22. The van der Waals surface area contributed by atoms with Crippen LogP contribution in [0.4, 0.5) is 9.93 Å². The summed E-state index contributed by atoms with van der Waals surface area (Å²) < 4.78 is 0.961. The van der Waals surface area contributed by atoms with Crippen molar-refractivity contribution >= 4 is 38.7 Å². The average Bonchev–Trinajstić information content (AvgIpc) is 2.77. The van der Waals surface area contributed by atoms with Crippen LogP contribution in [0.1, 0.15) is 13.3 Å². The number of rotatable bonds is 4. The van der Waals surface area contributed by atoms with Gasteiger partial charge in [-0.15, -0.1) is 0 Å². The molecular weight excluding hydrogens is 266 g/mol. The molecular formula is C12H13N3O3S. The molecule has 3 N–H and O–H groups in total. The van der Waals surface area contributed by atoms with Gasteiger partial charge in [-0.3, -0.25) is 5.32 Å². The van der Waals surface area contributed by atoms with Crippen molar-refractivity contribution in [1.29, 1.82) is 0 Å². The highest BCUT2D eigenvalue weighted by Crippen LogP contribution is 2.25. The van der Waals surface area contributed by atoms with Gasteiger partial charge in [-0.25, -0.2) is 14.6 Å². The third kappa shape index (κ3) is 3.19. The fraction of sp³-hybridized carbons (Fsp3) is 0.250. The van der Waals surface area contributed by atoms with Gasteiger partial charge in [0.15, 0.2) is 5.13 Å². The van der Waals surface area contributed by atoms with E-state index in [0.29, 0.717) is 11.6 Å². The number of hydrogen-bond donors (Lipinski definition) is 3. The first kappa shape index (κ1) is 13.3. The second-order valence-electron chi connectivity index (χ2n) is 3.88. The van der Waals surface area contributed by atoms with Crippen molar-refractivity contribution in [3.8, 4) is 0 Å². The molecule has 0 bridgehead atoms. The Balaban J connectivity index is 2.04. The lowest BCUT2D eigenvalue weighted by Gasteiger charge is -2.11. The van der Waals surface area contributed by atoms with Crippen molar-refractivity contribution in [1.82, 2.24) is 10.3 Å². The van der Waals surface area contributed by atoms with Crippen molar-refractivity contribution in [3.05, 3.63) is 24.3 Å². The maximum atomic E-state index is 11.6. The number of nitrogens with one attached hydrogen (secondary N) is 2. The number of urea groups is 1. The van der Waals surface area contributed by atoms with Gasteiger partial charge in [0.25, 0.3) is 0 Å². The monoisotopic (exact) mass is 279 g/mol. The van der Waals surface area contributed by atoms with Gasteiger partial charge in [0.1, 0.15) is 6.04 Å². The first-order valence-corrected chi connectivity index (χ1v) is 6.57. The van der Waals surface area contributed by atoms with Crippen LogP contribution in [0.2, 0.25) is 0 Å². The number of aliphatic carboxylic acids is 1. The Morgan fingerprint density at radius 1 is 1.42 bits per heavy atom. The van der Waals surface area contributed by atoms with E-state index in [9.17, 15) is 9.59 Å². The first-order valence-electron chi connectivity index (χ1n) is 5.76. The summed E-state index contributed by atoms with van der Waals surface area (Å²) in [6.07, 6.45) is 0.322. The van der Waals surface area contributed by atoms with Crippen molar-refractivity contribution in [3.63, 3.8) is 0 Å². The molecule has 100 valence electrons. The molecule has 0 aliphatic carbocycles. The number of hydrogen-bond acceptors (Lipinski definition) is 4. The molecule has 1 aromatic heterocycles. The molecule has 1 heterocycles. The Kier molecular flexibility index (Phi) is 3.96. The number of fused-ring (bicyclic) bond motifs is 1. The Labute approximate surface area is 113 Å². The standard InChI is InChI=1S/C12H13N3O3S/c1-2-7(10(16)17)13-11(18)15-12-14-8-5-3-4-6-9(8)19-12/h3-7H,2H2,1H3,(H,16,17)(H2,13,14,15,18)/t7-/m1/s1. The predicted molar refractivity (Wildman–Crippen MR) is 73.5 cm³/mol. The number of aromatic nitrogens is 1. The third-order valence-corrected chi connectivity index (χ3v) is 3.48. The van der Waals surface area contributed by atoms with E-state index in [2.05, 4.69) is 15.6 Å². The zero-order chi connectivity index (χ0) is 13.8. The lowest BCUT2D eigenvalue weighted by molar-refractivity contribution is -0.139. The van der Waals surface area contributed by atoms with E-state index in [1.807, 2.05) is 24.3 Å². The van der Waals surface area contributed by atoms with Gasteiger partial charge in [-0.05, 0) is 18.6 Å². The number of para-hydroxylation sites is 1. The molecule has 0 spiro atoms. The number of anilines is 1. The van der Waals surface area contributed by atoms with Gasteiger partial charge in [0, 0.05) is 0 Å². The van der Waals surface area contributed by atoms with E-state index >= 15 is 0 Å². The summed E-state index contributed by atoms with van der Waals surface area (Å²) in [6.45, 7) is 1.69.